The SMILES string of the molecule is Cc1ccc(N2C[C@H](C(=O)N3CCN(c4cc(C(F)(F)F)nc(C)n4)CC3)CC2=O)cc1. The van der Waals surface area contributed by atoms with E-state index in [2.05, 4.69) is 9.97 Å². The second-order valence-corrected chi connectivity index (χ2v) is 8.21. The molecule has 7 nitrogen and oxygen atoms in total. The Labute approximate surface area is 183 Å². The van der Waals surface area contributed by atoms with Crippen molar-refractivity contribution in [2.24, 2.45) is 5.92 Å². The molecule has 2 amide bonds. The molecule has 2 fully saturated rings. The molecule has 1 aromatic heterocycles. The Kier molecular flexibility index (Phi) is 5.79. The van der Waals surface area contributed by atoms with Crippen LogP contribution in [-0.2, 0) is 15.8 Å². The maximum Gasteiger partial charge on any atom is 0.433 e. The molecule has 0 radical (unpaired) electrons. The van der Waals surface area contributed by atoms with E-state index in [4.69, 9.17) is 0 Å². The lowest BCUT2D eigenvalue weighted by atomic mass is 10.1. The van der Waals surface area contributed by atoms with Gasteiger partial charge >= 0.3 is 6.18 Å². The van der Waals surface area contributed by atoms with Gasteiger partial charge in [-0.3, -0.25) is 9.59 Å². The zero-order chi connectivity index (χ0) is 23.0. The van der Waals surface area contributed by atoms with Gasteiger partial charge in [0.25, 0.3) is 0 Å². The molecule has 2 aliphatic heterocycles. The van der Waals surface area contributed by atoms with Crippen molar-refractivity contribution in [2.75, 3.05) is 42.5 Å². The van der Waals surface area contributed by atoms with Gasteiger partial charge in [-0.15, -0.1) is 0 Å². The van der Waals surface area contributed by atoms with Crippen molar-refractivity contribution in [1.82, 2.24) is 14.9 Å². The number of hydrogen-bond acceptors (Lipinski definition) is 5. The number of rotatable bonds is 3. The minimum atomic E-state index is -4.54. The average Bonchev–Trinajstić information content (AvgIpc) is 3.14. The summed E-state index contributed by atoms with van der Waals surface area (Å²) >= 11 is 0. The number of nitrogens with zero attached hydrogens (tertiary/aromatic N) is 5. The van der Waals surface area contributed by atoms with Crippen molar-refractivity contribution in [3.8, 4) is 0 Å². The lowest BCUT2D eigenvalue weighted by Crippen LogP contribution is -2.51. The van der Waals surface area contributed by atoms with Crippen LogP contribution in [0.5, 0.6) is 0 Å². The number of benzene rings is 1. The molecule has 0 unspecified atom stereocenters. The van der Waals surface area contributed by atoms with Gasteiger partial charge in [0.05, 0.1) is 5.92 Å². The molecule has 2 saturated heterocycles. The highest BCUT2D eigenvalue weighted by atomic mass is 19.4. The van der Waals surface area contributed by atoms with E-state index in [0.717, 1.165) is 17.3 Å². The highest BCUT2D eigenvalue weighted by Gasteiger charge is 2.38. The number of carbonyl (C=O) groups is 2. The minimum Gasteiger partial charge on any atom is -0.353 e. The van der Waals surface area contributed by atoms with E-state index in [9.17, 15) is 22.8 Å². The van der Waals surface area contributed by atoms with Crippen molar-refractivity contribution >= 4 is 23.3 Å². The number of hydrogen-bond donors (Lipinski definition) is 0. The predicted octanol–water partition coefficient (Wildman–Crippen LogP) is 2.81. The van der Waals surface area contributed by atoms with E-state index < -0.39 is 17.8 Å². The first kappa shape index (κ1) is 22.0. The largest absolute Gasteiger partial charge is 0.433 e. The second-order valence-electron chi connectivity index (χ2n) is 8.21. The Morgan fingerprint density at radius 3 is 2.31 bits per heavy atom. The molecular formula is C22H24F3N5O2. The van der Waals surface area contributed by atoms with Crippen LogP contribution in [0.4, 0.5) is 24.7 Å². The fourth-order valence-corrected chi connectivity index (χ4v) is 4.12. The monoisotopic (exact) mass is 447 g/mol. The summed E-state index contributed by atoms with van der Waals surface area (Å²) in [4.78, 5) is 38.2. The lowest BCUT2D eigenvalue weighted by molar-refractivity contribution is -0.141. The topological polar surface area (TPSA) is 69.6 Å². The van der Waals surface area contributed by atoms with Gasteiger partial charge < -0.3 is 14.7 Å². The third-order valence-electron chi connectivity index (χ3n) is 5.85. The van der Waals surface area contributed by atoms with Gasteiger partial charge in [-0.1, -0.05) is 17.7 Å². The van der Waals surface area contributed by atoms with Gasteiger partial charge in [0, 0.05) is 50.9 Å². The smallest absolute Gasteiger partial charge is 0.353 e. The summed E-state index contributed by atoms with van der Waals surface area (Å²) in [6.07, 6.45) is -4.38. The van der Waals surface area contributed by atoms with Crippen molar-refractivity contribution in [3.05, 3.63) is 47.4 Å². The number of aryl methyl sites for hydroxylation is 2. The molecule has 1 atom stereocenters. The van der Waals surface area contributed by atoms with E-state index in [-0.39, 0.29) is 29.9 Å². The highest BCUT2D eigenvalue weighted by Crippen LogP contribution is 2.30. The minimum absolute atomic E-state index is 0.0500. The molecular weight excluding hydrogens is 423 g/mol. The maximum absolute atomic E-state index is 13.1. The zero-order valence-corrected chi connectivity index (χ0v) is 17.9. The Morgan fingerprint density at radius 2 is 1.69 bits per heavy atom. The summed E-state index contributed by atoms with van der Waals surface area (Å²) in [6.45, 7) is 5.17. The molecule has 32 heavy (non-hydrogen) atoms. The fourth-order valence-electron chi connectivity index (χ4n) is 4.12. The van der Waals surface area contributed by atoms with Crippen molar-refractivity contribution in [3.63, 3.8) is 0 Å². The van der Waals surface area contributed by atoms with Gasteiger partial charge in [0.1, 0.15) is 17.3 Å². The molecule has 0 saturated carbocycles. The summed E-state index contributed by atoms with van der Waals surface area (Å²) in [5.41, 5.74) is 0.895. The first-order chi connectivity index (χ1) is 15.1. The van der Waals surface area contributed by atoms with E-state index in [1.807, 2.05) is 31.2 Å². The van der Waals surface area contributed by atoms with E-state index in [0.29, 0.717) is 32.7 Å². The van der Waals surface area contributed by atoms with Crippen LogP contribution in [0.15, 0.2) is 30.3 Å². The molecule has 4 rings (SSSR count). The van der Waals surface area contributed by atoms with Gasteiger partial charge in [0.2, 0.25) is 11.8 Å². The Bertz CT molecular complexity index is 1020. The standard InChI is InChI=1S/C22H24F3N5O2/c1-14-3-5-17(6-4-14)30-13-16(11-20(30)31)21(32)29-9-7-28(8-10-29)19-12-18(22(23,24)25)26-15(2)27-19/h3-6,12,16H,7-11,13H2,1-2H3/t16-/m1/s1. The Morgan fingerprint density at radius 1 is 1.03 bits per heavy atom. The molecule has 2 aromatic rings. The average molecular weight is 447 g/mol. The summed E-state index contributed by atoms with van der Waals surface area (Å²) in [6, 6.07) is 8.54. The van der Waals surface area contributed by atoms with Crippen LogP contribution in [0.3, 0.4) is 0 Å². The molecule has 10 heteroatoms. The van der Waals surface area contributed by atoms with Gasteiger partial charge in [-0.25, -0.2) is 9.97 Å². The first-order valence-corrected chi connectivity index (χ1v) is 10.5. The normalized spacial score (nSPS) is 19.6. The van der Waals surface area contributed by atoms with E-state index >= 15 is 0 Å². The zero-order valence-electron chi connectivity index (χ0n) is 17.9. The van der Waals surface area contributed by atoms with Crippen LogP contribution in [0.1, 0.15) is 23.5 Å². The lowest BCUT2D eigenvalue weighted by Gasteiger charge is -2.36. The second kappa shape index (κ2) is 8.40. The molecule has 1 aromatic carbocycles. The molecule has 0 bridgehead atoms. The number of piperazine rings is 1. The van der Waals surface area contributed by atoms with Crippen molar-refractivity contribution in [1.29, 1.82) is 0 Å². The summed E-state index contributed by atoms with van der Waals surface area (Å²) < 4.78 is 39.2. The van der Waals surface area contributed by atoms with Crippen LogP contribution in [-0.4, -0.2) is 59.4 Å². The third-order valence-corrected chi connectivity index (χ3v) is 5.85. The molecule has 0 spiro atoms. The summed E-state index contributed by atoms with van der Waals surface area (Å²) in [7, 11) is 0. The molecule has 170 valence electrons. The fraction of sp³-hybridized carbons (Fsp3) is 0.455. The quantitative estimate of drug-likeness (QED) is 0.724. The van der Waals surface area contributed by atoms with Crippen molar-refractivity contribution < 1.29 is 22.8 Å². The summed E-state index contributed by atoms with van der Waals surface area (Å²) in [5.74, 6) is -0.342. The first-order valence-electron chi connectivity index (χ1n) is 10.5. The van der Waals surface area contributed by atoms with Gasteiger partial charge in [-0.05, 0) is 26.0 Å². The predicted molar refractivity (Wildman–Crippen MR) is 112 cm³/mol. The van der Waals surface area contributed by atoms with E-state index in [1.54, 1.807) is 14.7 Å². The van der Waals surface area contributed by atoms with Crippen LogP contribution < -0.4 is 9.80 Å². The van der Waals surface area contributed by atoms with Crippen LogP contribution in [0.2, 0.25) is 0 Å². The number of anilines is 2. The molecule has 0 N–H and O–H groups in total. The van der Waals surface area contributed by atoms with Crippen LogP contribution >= 0.6 is 0 Å². The molecule has 3 heterocycles. The third kappa shape index (κ3) is 4.53. The number of halogens is 3. The number of alkyl halides is 3. The number of aromatic nitrogens is 2. The summed E-state index contributed by atoms with van der Waals surface area (Å²) in [5, 5.41) is 0. The molecule has 2 aliphatic rings. The number of carbonyl (C=O) groups excluding carboxylic acids is 2. The van der Waals surface area contributed by atoms with Gasteiger partial charge in [0.15, 0.2) is 0 Å². The maximum atomic E-state index is 13.1. The Balaban J connectivity index is 1.38. The van der Waals surface area contributed by atoms with Gasteiger partial charge in [-0.2, -0.15) is 13.2 Å². The Hall–Kier alpha value is -3.17. The highest BCUT2D eigenvalue weighted by molar-refractivity contribution is 6.00. The van der Waals surface area contributed by atoms with E-state index in [1.165, 1.54) is 6.92 Å². The van der Waals surface area contributed by atoms with Crippen LogP contribution in [0.25, 0.3) is 0 Å². The van der Waals surface area contributed by atoms with Crippen LogP contribution in [0, 0.1) is 19.8 Å². The molecule has 0 aliphatic carbocycles. The van der Waals surface area contributed by atoms with Crippen molar-refractivity contribution in [2.45, 2.75) is 26.4 Å². The number of amides is 2.